The van der Waals surface area contributed by atoms with Gasteiger partial charge in [-0.1, -0.05) is 0 Å². The van der Waals surface area contributed by atoms with Crippen LogP contribution in [0.15, 0.2) is 22.1 Å². The van der Waals surface area contributed by atoms with Crippen molar-refractivity contribution in [2.75, 3.05) is 0 Å². The van der Waals surface area contributed by atoms with E-state index in [2.05, 4.69) is 15.3 Å². The quantitative estimate of drug-likeness (QED) is 0.572. The van der Waals surface area contributed by atoms with Gasteiger partial charge in [-0.15, -0.1) is 0 Å². The highest BCUT2D eigenvalue weighted by molar-refractivity contribution is 6.52. The normalized spacial score (nSPS) is 24.6. The van der Waals surface area contributed by atoms with Crippen LogP contribution in [-0.4, -0.2) is 34.7 Å². The number of carboxylic acids is 1. The van der Waals surface area contributed by atoms with Gasteiger partial charge in [-0.3, -0.25) is 5.32 Å². The van der Waals surface area contributed by atoms with Gasteiger partial charge in [0, 0.05) is 0 Å². The third-order valence-corrected chi connectivity index (χ3v) is 1.65. The molecule has 2 N–H and O–H groups in total. The fourth-order valence-electron chi connectivity index (χ4n) is 1.07. The monoisotopic (exact) mass is 179 g/mol. The number of aliphatic carboxylic acids is 1. The molecule has 2 rings (SSSR count). The first-order valence-corrected chi connectivity index (χ1v) is 3.55. The molecule has 0 aromatic rings. The smallest absolute Gasteiger partial charge is 0.347 e. The molecule has 0 radical (unpaired) electrons. The average Bonchev–Trinajstić information content (AvgIpc) is 2.42. The minimum atomic E-state index is -1.05. The Labute approximate surface area is 72.7 Å². The first-order chi connectivity index (χ1) is 6.16. The number of aliphatic imine (C=N–C) groups is 2. The van der Waals surface area contributed by atoms with Crippen LogP contribution in [0.25, 0.3) is 0 Å². The van der Waals surface area contributed by atoms with E-state index in [9.17, 15) is 9.59 Å². The maximum atomic E-state index is 10.7. The second kappa shape index (κ2) is 2.51. The molecule has 2 aliphatic rings. The van der Waals surface area contributed by atoms with Gasteiger partial charge in [0.1, 0.15) is 5.71 Å². The second-order valence-electron chi connectivity index (χ2n) is 2.55. The Morgan fingerprint density at radius 3 is 3.08 bits per heavy atom. The molecule has 0 spiro atoms. The summed E-state index contributed by atoms with van der Waals surface area (Å²) in [6, 6.07) is -1.43. The Morgan fingerprint density at radius 1 is 1.62 bits per heavy atom. The van der Waals surface area contributed by atoms with E-state index in [0.29, 0.717) is 5.71 Å². The number of rotatable bonds is 1. The molecule has 1 unspecified atom stereocenters. The van der Waals surface area contributed by atoms with E-state index >= 15 is 0 Å². The van der Waals surface area contributed by atoms with E-state index in [4.69, 9.17) is 5.11 Å². The van der Waals surface area contributed by atoms with Crippen LogP contribution in [0.4, 0.5) is 4.79 Å². The zero-order chi connectivity index (χ0) is 9.42. The summed E-state index contributed by atoms with van der Waals surface area (Å²) in [6.07, 6.45) is 2.85. The molecule has 66 valence electrons. The Hall–Kier alpha value is -1.98. The van der Waals surface area contributed by atoms with Gasteiger partial charge in [0.15, 0.2) is 11.9 Å². The van der Waals surface area contributed by atoms with Crippen LogP contribution in [0, 0.1) is 0 Å². The van der Waals surface area contributed by atoms with Crippen LogP contribution in [-0.2, 0) is 4.79 Å². The third kappa shape index (κ3) is 1.22. The maximum absolute atomic E-state index is 10.7. The Morgan fingerprint density at radius 2 is 2.38 bits per heavy atom. The van der Waals surface area contributed by atoms with Crippen molar-refractivity contribution in [1.29, 1.82) is 0 Å². The van der Waals surface area contributed by atoms with Crippen LogP contribution < -0.4 is 5.32 Å². The van der Waals surface area contributed by atoms with E-state index < -0.39 is 18.0 Å². The van der Waals surface area contributed by atoms with E-state index in [1.165, 1.54) is 12.2 Å². The molecular formula is C7H5N3O3. The number of carboxylic acid groups (broad SMARTS) is 1. The van der Waals surface area contributed by atoms with Crippen molar-refractivity contribution >= 4 is 23.5 Å². The van der Waals surface area contributed by atoms with Gasteiger partial charge in [0.25, 0.3) is 0 Å². The highest BCUT2D eigenvalue weighted by atomic mass is 16.4. The lowest BCUT2D eigenvalue weighted by molar-refractivity contribution is -0.137. The van der Waals surface area contributed by atoms with Gasteiger partial charge in [0.2, 0.25) is 0 Å². The molecule has 0 saturated carbocycles. The number of hydrogen-bond acceptors (Lipinski definition) is 3. The molecule has 0 aromatic carbocycles. The molecule has 2 aliphatic heterocycles. The summed E-state index contributed by atoms with van der Waals surface area (Å²) in [5.74, 6) is -0.816. The van der Waals surface area contributed by atoms with Gasteiger partial charge < -0.3 is 5.11 Å². The third-order valence-electron chi connectivity index (χ3n) is 1.65. The summed E-state index contributed by atoms with van der Waals surface area (Å²) in [5.41, 5.74) is 0.391. The lowest BCUT2D eigenvalue weighted by Crippen LogP contribution is -2.31. The van der Waals surface area contributed by atoms with Crippen molar-refractivity contribution in [3.8, 4) is 0 Å². The number of urea groups is 1. The van der Waals surface area contributed by atoms with Gasteiger partial charge in [-0.25, -0.2) is 14.6 Å². The summed E-state index contributed by atoms with van der Waals surface area (Å²) in [4.78, 5) is 28.6. The molecule has 0 saturated heterocycles. The minimum absolute atomic E-state index is 0.236. The molecule has 2 amide bonds. The summed E-state index contributed by atoms with van der Waals surface area (Å²) in [5, 5.41) is 10.9. The lowest BCUT2D eigenvalue weighted by atomic mass is 10.2. The molecule has 6 heteroatoms. The lowest BCUT2D eigenvalue weighted by Gasteiger charge is -2.08. The van der Waals surface area contributed by atoms with Gasteiger partial charge in [-0.2, -0.15) is 4.99 Å². The fourth-order valence-corrected chi connectivity index (χ4v) is 1.07. The fraction of sp³-hybridized carbons (Fsp3) is 0.143. The predicted octanol–water partition coefficient (Wildman–Crippen LogP) is -0.428. The van der Waals surface area contributed by atoms with Crippen LogP contribution in [0.3, 0.4) is 0 Å². The maximum Gasteiger partial charge on any atom is 0.347 e. The van der Waals surface area contributed by atoms with E-state index in [-0.39, 0.29) is 5.84 Å². The first kappa shape index (κ1) is 7.66. The molecule has 6 nitrogen and oxygen atoms in total. The number of hydrogen-bond donors (Lipinski definition) is 2. The van der Waals surface area contributed by atoms with Crippen molar-refractivity contribution in [3.05, 3.63) is 12.2 Å². The summed E-state index contributed by atoms with van der Waals surface area (Å²) in [6.45, 7) is 0. The number of carbonyl (C=O) groups excluding carboxylic acids is 1. The van der Waals surface area contributed by atoms with Crippen molar-refractivity contribution in [2.45, 2.75) is 6.04 Å². The standard InChI is InChI=1S/C7H5N3O3/c11-6(12)4-2-1-3-5(8-4)10-7(13)9-3/h1-2,4H,(H,11,12)(H,8,10,13). The summed E-state index contributed by atoms with van der Waals surface area (Å²) >= 11 is 0. The number of nitrogens with one attached hydrogen (secondary N) is 1. The average molecular weight is 179 g/mol. The molecule has 0 aromatic heterocycles. The summed E-state index contributed by atoms with van der Waals surface area (Å²) < 4.78 is 0. The van der Waals surface area contributed by atoms with Crippen molar-refractivity contribution < 1.29 is 14.7 Å². The molecule has 2 heterocycles. The van der Waals surface area contributed by atoms with Crippen LogP contribution in [0.5, 0.6) is 0 Å². The predicted molar refractivity (Wildman–Crippen MR) is 44.0 cm³/mol. The van der Waals surface area contributed by atoms with E-state index in [1.54, 1.807) is 0 Å². The zero-order valence-corrected chi connectivity index (χ0v) is 6.39. The number of nitrogens with zero attached hydrogens (tertiary/aromatic N) is 2. The van der Waals surface area contributed by atoms with Crippen LogP contribution >= 0.6 is 0 Å². The number of dihydropyridines is 1. The minimum Gasteiger partial charge on any atom is -0.479 e. The van der Waals surface area contributed by atoms with Gasteiger partial charge >= 0.3 is 12.0 Å². The van der Waals surface area contributed by atoms with Crippen molar-refractivity contribution in [2.24, 2.45) is 9.98 Å². The Kier molecular flexibility index (Phi) is 1.48. The molecular weight excluding hydrogens is 174 g/mol. The van der Waals surface area contributed by atoms with Gasteiger partial charge in [0.05, 0.1) is 0 Å². The largest absolute Gasteiger partial charge is 0.479 e. The van der Waals surface area contributed by atoms with Crippen LogP contribution in [0.1, 0.15) is 0 Å². The molecule has 0 fully saturated rings. The Balaban J connectivity index is 2.32. The number of carbonyl (C=O) groups is 2. The number of amidine groups is 1. The van der Waals surface area contributed by atoms with Crippen molar-refractivity contribution in [1.82, 2.24) is 5.32 Å². The van der Waals surface area contributed by atoms with Crippen LogP contribution in [0.2, 0.25) is 0 Å². The summed E-state index contributed by atoms with van der Waals surface area (Å²) in [7, 11) is 0. The zero-order valence-electron chi connectivity index (χ0n) is 6.39. The van der Waals surface area contributed by atoms with E-state index in [0.717, 1.165) is 0 Å². The molecule has 13 heavy (non-hydrogen) atoms. The molecule has 0 aliphatic carbocycles. The molecule has 1 atom stereocenters. The number of amides is 2. The van der Waals surface area contributed by atoms with Gasteiger partial charge in [-0.05, 0) is 12.2 Å². The van der Waals surface area contributed by atoms with Crippen molar-refractivity contribution in [3.63, 3.8) is 0 Å². The SMILES string of the molecule is O=C1N=C2C=CC(C(=O)O)N=C2N1. The Bertz CT molecular complexity index is 380. The molecule has 0 bridgehead atoms. The first-order valence-electron chi connectivity index (χ1n) is 3.55. The van der Waals surface area contributed by atoms with E-state index in [1.807, 2.05) is 0 Å². The second-order valence-corrected chi connectivity index (χ2v) is 2.55. The number of fused-ring (bicyclic) bond motifs is 1. The highest BCUT2D eigenvalue weighted by Gasteiger charge is 2.25. The highest BCUT2D eigenvalue weighted by Crippen LogP contribution is 2.07. The topological polar surface area (TPSA) is 91.1 Å².